The van der Waals surface area contributed by atoms with Crippen molar-refractivity contribution >= 4 is 17.8 Å². The number of aromatic nitrogens is 2. The first-order chi connectivity index (χ1) is 17.0. The standard InChI is InChI=1S/C27H35N3O5S/c1-26(2,3)18-12-14-19(15-13-18)36-30-23-22(35-21-11-9-8-10-20(21)32-7)24(29-25(31)28-23)33-16-17-34-27(4,5)6/h8-15H,16-17H2,1-7H3,(H2,28,29,30,31). The highest BCUT2D eigenvalue weighted by atomic mass is 32.2. The van der Waals surface area contributed by atoms with Crippen molar-refractivity contribution < 1.29 is 18.9 Å². The molecule has 2 N–H and O–H groups in total. The maximum atomic E-state index is 12.4. The topological polar surface area (TPSA) is 94.7 Å². The number of rotatable bonds is 10. The van der Waals surface area contributed by atoms with Crippen molar-refractivity contribution in [2.75, 3.05) is 25.0 Å². The summed E-state index contributed by atoms with van der Waals surface area (Å²) in [6, 6.07) is 15.5. The van der Waals surface area contributed by atoms with Gasteiger partial charge in [0.15, 0.2) is 17.3 Å². The van der Waals surface area contributed by atoms with Gasteiger partial charge in [0, 0.05) is 4.90 Å². The van der Waals surface area contributed by atoms with Crippen molar-refractivity contribution in [3.63, 3.8) is 0 Å². The molecule has 0 amide bonds. The number of H-pyrrole nitrogens is 1. The molecule has 0 saturated carbocycles. The van der Waals surface area contributed by atoms with E-state index in [1.807, 2.05) is 45.0 Å². The number of nitrogens with zero attached hydrogens (tertiary/aromatic N) is 1. The van der Waals surface area contributed by atoms with Crippen LogP contribution in [0.5, 0.6) is 23.1 Å². The van der Waals surface area contributed by atoms with E-state index in [4.69, 9.17) is 18.9 Å². The van der Waals surface area contributed by atoms with Gasteiger partial charge in [-0.25, -0.2) is 4.79 Å². The van der Waals surface area contributed by atoms with Gasteiger partial charge in [-0.2, -0.15) is 4.98 Å². The van der Waals surface area contributed by atoms with Crippen LogP contribution in [0.25, 0.3) is 0 Å². The van der Waals surface area contributed by atoms with E-state index in [1.165, 1.54) is 17.5 Å². The lowest BCUT2D eigenvalue weighted by Crippen LogP contribution is -2.23. The third kappa shape index (κ3) is 7.93. The van der Waals surface area contributed by atoms with Gasteiger partial charge >= 0.3 is 5.69 Å². The van der Waals surface area contributed by atoms with Crippen LogP contribution in [0.4, 0.5) is 5.82 Å². The number of methoxy groups -OCH3 is 1. The van der Waals surface area contributed by atoms with Crippen LogP contribution in [0.15, 0.2) is 58.2 Å². The molecule has 0 aliphatic heterocycles. The minimum Gasteiger partial charge on any atom is -0.493 e. The SMILES string of the molecule is COc1ccccc1Oc1c(OCCOC(C)(C)C)nc(=O)[nH]c1NSc1ccc(C(C)(C)C)cc1. The highest BCUT2D eigenvalue weighted by Gasteiger charge is 2.20. The molecule has 1 aromatic heterocycles. The molecule has 0 fully saturated rings. The lowest BCUT2D eigenvalue weighted by molar-refractivity contribution is -0.0170. The van der Waals surface area contributed by atoms with Gasteiger partial charge in [-0.05, 0) is 68.0 Å². The van der Waals surface area contributed by atoms with Crippen molar-refractivity contribution in [2.24, 2.45) is 0 Å². The molecule has 36 heavy (non-hydrogen) atoms. The Morgan fingerprint density at radius 1 is 0.944 bits per heavy atom. The Morgan fingerprint density at radius 3 is 2.22 bits per heavy atom. The number of nitrogens with one attached hydrogen (secondary N) is 2. The highest BCUT2D eigenvalue weighted by molar-refractivity contribution is 8.00. The third-order valence-corrected chi connectivity index (χ3v) is 5.80. The zero-order valence-corrected chi connectivity index (χ0v) is 22.7. The summed E-state index contributed by atoms with van der Waals surface area (Å²) in [6.07, 6.45) is 0. The molecule has 194 valence electrons. The Morgan fingerprint density at radius 2 is 1.61 bits per heavy atom. The normalized spacial score (nSPS) is 11.8. The van der Waals surface area contributed by atoms with Gasteiger partial charge < -0.3 is 23.7 Å². The van der Waals surface area contributed by atoms with E-state index in [9.17, 15) is 4.79 Å². The number of para-hydroxylation sites is 2. The highest BCUT2D eigenvalue weighted by Crippen LogP contribution is 2.40. The molecular formula is C27H35N3O5S. The van der Waals surface area contributed by atoms with E-state index in [0.29, 0.717) is 23.9 Å². The molecule has 0 saturated heterocycles. The molecule has 8 nitrogen and oxygen atoms in total. The maximum absolute atomic E-state index is 12.4. The number of hydrogen-bond acceptors (Lipinski definition) is 8. The van der Waals surface area contributed by atoms with Crippen molar-refractivity contribution in [3.8, 4) is 23.1 Å². The quantitative estimate of drug-likeness (QED) is 0.245. The van der Waals surface area contributed by atoms with Gasteiger partial charge in [-0.3, -0.25) is 4.98 Å². The van der Waals surface area contributed by atoms with Crippen LogP contribution >= 0.6 is 11.9 Å². The van der Waals surface area contributed by atoms with Gasteiger partial charge in [-0.1, -0.05) is 45.0 Å². The van der Waals surface area contributed by atoms with Gasteiger partial charge in [0.1, 0.15) is 6.61 Å². The van der Waals surface area contributed by atoms with Crippen molar-refractivity contribution in [3.05, 3.63) is 64.6 Å². The van der Waals surface area contributed by atoms with Gasteiger partial charge in [-0.15, -0.1) is 0 Å². The molecule has 1 heterocycles. The summed E-state index contributed by atoms with van der Waals surface area (Å²) in [5, 5.41) is 0. The Balaban J connectivity index is 1.88. The summed E-state index contributed by atoms with van der Waals surface area (Å²) < 4.78 is 26.3. The van der Waals surface area contributed by atoms with Crippen LogP contribution in [0.1, 0.15) is 47.1 Å². The first-order valence-corrected chi connectivity index (χ1v) is 12.5. The molecule has 0 atom stereocenters. The molecule has 3 aromatic rings. The Hall–Kier alpha value is -3.17. The second-order valence-corrected chi connectivity index (χ2v) is 11.0. The molecule has 0 bridgehead atoms. The van der Waals surface area contributed by atoms with Crippen LogP contribution in [-0.2, 0) is 10.2 Å². The second kappa shape index (κ2) is 11.7. The van der Waals surface area contributed by atoms with Crippen molar-refractivity contribution in [1.82, 2.24) is 9.97 Å². The van der Waals surface area contributed by atoms with E-state index in [-0.39, 0.29) is 29.3 Å². The smallest absolute Gasteiger partial charge is 0.350 e. The molecule has 0 aliphatic rings. The number of anilines is 1. The van der Waals surface area contributed by atoms with Crippen LogP contribution in [0.3, 0.4) is 0 Å². The summed E-state index contributed by atoms with van der Waals surface area (Å²) in [6.45, 7) is 12.9. The number of aromatic amines is 1. The summed E-state index contributed by atoms with van der Waals surface area (Å²) in [4.78, 5) is 20.1. The molecule has 9 heteroatoms. The molecule has 0 radical (unpaired) electrons. The fourth-order valence-corrected chi connectivity index (χ4v) is 3.77. The lowest BCUT2D eigenvalue weighted by atomic mass is 9.87. The van der Waals surface area contributed by atoms with Crippen LogP contribution in [0.2, 0.25) is 0 Å². The zero-order chi connectivity index (χ0) is 26.3. The van der Waals surface area contributed by atoms with E-state index < -0.39 is 5.69 Å². The van der Waals surface area contributed by atoms with Gasteiger partial charge in [0.2, 0.25) is 5.75 Å². The number of ether oxygens (including phenoxy) is 4. The van der Waals surface area contributed by atoms with Gasteiger partial charge in [0.05, 0.1) is 19.3 Å². The minimum atomic E-state index is -0.569. The van der Waals surface area contributed by atoms with E-state index >= 15 is 0 Å². The molecule has 3 rings (SSSR count). The predicted octanol–water partition coefficient (Wildman–Crippen LogP) is 6.18. The molecule has 0 aliphatic carbocycles. The fourth-order valence-electron chi connectivity index (χ4n) is 3.14. The zero-order valence-electron chi connectivity index (χ0n) is 21.9. The second-order valence-electron chi connectivity index (χ2n) is 10.1. The van der Waals surface area contributed by atoms with Crippen LogP contribution in [0, 0.1) is 0 Å². The van der Waals surface area contributed by atoms with Crippen molar-refractivity contribution in [1.29, 1.82) is 0 Å². The van der Waals surface area contributed by atoms with Crippen molar-refractivity contribution in [2.45, 2.75) is 57.5 Å². The first-order valence-electron chi connectivity index (χ1n) is 11.7. The third-order valence-electron chi connectivity index (χ3n) is 4.99. The monoisotopic (exact) mass is 513 g/mol. The summed E-state index contributed by atoms with van der Waals surface area (Å²) in [5.41, 5.74) is 0.414. The number of hydrogen-bond donors (Lipinski definition) is 2. The summed E-state index contributed by atoms with van der Waals surface area (Å²) in [7, 11) is 1.56. The predicted molar refractivity (Wildman–Crippen MR) is 144 cm³/mol. The molecule has 0 unspecified atom stereocenters. The maximum Gasteiger partial charge on any atom is 0.350 e. The Bertz CT molecular complexity index is 1200. The molecule has 2 aromatic carbocycles. The fraction of sp³-hybridized carbons (Fsp3) is 0.407. The number of benzene rings is 2. The molecule has 0 spiro atoms. The van der Waals surface area contributed by atoms with Crippen LogP contribution < -0.4 is 24.6 Å². The Kier molecular flexibility index (Phi) is 8.92. The first kappa shape index (κ1) is 27.4. The van der Waals surface area contributed by atoms with Gasteiger partial charge in [0.25, 0.3) is 5.88 Å². The van der Waals surface area contributed by atoms with E-state index in [2.05, 4.69) is 47.6 Å². The average molecular weight is 514 g/mol. The van der Waals surface area contributed by atoms with E-state index in [1.54, 1.807) is 19.2 Å². The molecular weight excluding hydrogens is 478 g/mol. The van der Waals surface area contributed by atoms with E-state index in [0.717, 1.165) is 4.90 Å². The Labute approximate surface area is 216 Å². The lowest BCUT2D eigenvalue weighted by Gasteiger charge is -2.20. The summed E-state index contributed by atoms with van der Waals surface area (Å²) >= 11 is 1.34. The average Bonchev–Trinajstić information content (AvgIpc) is 2.81. The largest absolute Gasteiger partial charge is 0.493 e. The minimum absolute atomic E-state index is 0.0494. The van der Waals surface area contributed by atoms with Crippen LogP contribution in [-0.4, -0.2) is 35.9 Å². The summed E-state index contributed by atoms with van der Waals surface area (Å²) in [5.74, 6) is 1.58.